The smallest absolute Gasteiger partial charge is 0.335 e. The molecule has 0 heterocycles. The molecule has 0 aliphatic carbocycles. The molecule has 9 heteroatoms. The zero-order chi connectivity index (χ0) is 25.0. The molecule has 0 saturated heterocycles. The quantitative estimate of drug-likeness (QED) is 0.230. The van der Waals surface area contributed by atoms with E-state index in [9.17, 15) is 18.0 Å². The van der Waals surface area contributed by atoms with Crippen molar-refractivity contribution in [2.75, 3.05) is 18.5 Å². The van der Waals surface area contributed by atoms with Gasteiger partial charge in [-0.2, -0.15) is 8.42 Å². The van der Waals surface area contributed by atoms with Crippen molar-refractivity contribution < 1.29 is 32.8 Å². The van der Waals surface area contributed by atoms with Crippen LogP contribution in [0.1, 0.15) is 80.0 Å². The highest BCUT2D eigenvalue weighted by molar-refractivity contribution is 7.86. The highest BCUT2D eigenvalue weighted by Crippen LogP contribution is 2.38. The maximum Gasteiger partial charge on any atom is 0.335 e. The zero-order valence-corrected chi connectivity index (χ0v) is 21.3. The van der Waals surface area contributed by atoms with Crippen LogP contribution in [0.25, 0.3) is 10.8 Å². The Hall–Kier alpha value is -2.02. The molecule has 2 aromatic carbocycles. The van der Waals surface area contributed by atoms with Gasteiger partial charge >= 0.3 is 11.9 Å². The molecule has 0 fully saturated rings. The highest BCUT2D eigenvalue weighted by Gasteiger charge is 2.19. The van der Waals surface area contributed by atoms with Crippen LogP contribution in [0.2, 0.25) is 0 Å². The van der Waals surface area contributed by atoms with Gasteiger partial charge in [-0.1, -0.05) is 46.1 Å². The average molecular weight is 499 g/mol. The molecule has 0 radical (unpaired) electrons. The van der Waals surface area contributed by atoms with E-state index in [2.05, 4.69) is 20.8 Å². The summed E-state index contributed by atoms with van der Waals surface area (Å²) in [4.78, 5) is 21.2. The van der Waals surface area contributed by atoms with E-state index in [1.807, 2.05) is 0 Å². The van der Waals surface area contributed by atoms with Gasteiger partial charge in [-0.3, -0.25) is 4.55 Å². The standard InChI is InChI=1S/C12H8O7S.C12H27P/c13-11(14)7-2-1-6-3-8(12(15)16)5-10(9(6)4-7)20(17,18)19;1-4-7-10-13(11-8-5-2)12-9-6-3/h1-5H,(H,13,14)(H,15,16)(H,17,18,19);4-12H2,1-3H3. The molecule has 0 spiro atoms. The molecule has 184 valence electrons. The maximum atomic E-state index is 11.3. The third-order valence-corrected chi connectivity index (χ3v) is 8.91. The van der Waals surface area contributed by atoms with E-state index in [-0.39, 0.29) is 21.9 Å². The predicted octanol–water partition coefficient (Wildman–Crippen LogP) is 6.35. The first-order chi connectivity index (χ1) is 15.5. The summed E-state index contributed by atoms with van der Waals surface area (Å²) in [6, 6.07) is 5.53. The summed E-state index contributed by atoms with van der Waals surface area (Å²) in [6.45, 7) is 6.94. The first kappa shape index (κ1) is 29.0. The first-order valence-corrected chi connectivity index (χ1v) is 14.6. The van der Waals surface area contributed by atoms with Crippen molar-refractivity contribution in [1.29, 1.82) is 0 Å². The molecule has 0 atom stereocenters. The van der Waals surface area contributed by atoms with Crippen LogP contribution in [0, 0.1) is 0 Å². The van der Waals surface area contributed by atoms with Gasteiger partial charge in [0.15, 0.2) is 0 Å². The third kappa shape index (κ3) is 9.78. The van der Waals surface area contributed by atoms with Crippen LogP contribution in [-0.4, -0.2) is 53.6 Å². The fraction of sp³-hybridized carbons (Fsp3) is 0.500. The molecule has 0 aliphatic rings. The normalized spacial score (nSPS) is 11.3. The Balaban J connectivity index is 0.000000366. The van der Waals surface area contributed by atoms with Gasteiger partial charge < -0.3 is 10.2 Å². The SMILES string of the molecule is CCCCP(CCCC)CCCC.O=C(O)c1cc(S(=O)(=O)O)c2cc(C(=O)O)ccc2c1. The fourth-order valence-corrected chi connectivity index (χ4v) is 6.97. The van der Waals surface area contributed by atoms with Gasteiger partial charge in [0, 0.05) is 5.39 Å². The van der Waals surface area contributed by atoms with E-state index in [4.69, 9.17) is 14.8 Å². The molecule has 0 unspecified atom stereocenters. The van der Waals surface area contributed by atoms with Crippen molar-refractivity contribution in [3.63, 3.8) is 0 Å². The number of carboxylic acid groups (broad SMARTS) is 2. The van der Waals surface area contributed by atoms with Crippen LogP contribution in [0.15, 0.2) is 35.2 Å². The highest BCUT2D eigenvalue weighted by atomic mass is 32.2. The lowest BCUT2D eigenvalue weighted by atomic mass is 10.0. The van der Waals surface area contributed by atoms with Gasteiger partial charge in [-0.15, -0.1) is 7.92 Å². The number of carbonyl (C=O) groups is 2. The number of hydrogen-bond acceptors (Lipinski definition) is 4. The monoisotopic (exact) mass is 498 g/mol. The summed E-state index contributed by atoms with van der Waals surface area (Å²) < 4.78 is 31.8. The summed E-state index contributed by atoms with van der Waals surface area (Å²) in [5.74, 6) is -2.63. The molecule has 0 aromatic heterocycles. The summed E-state index contributed by atoms with van der Waals surface area (Å²) in [6.07, 6.45) is 13.2. The van der Waals surface area contributed by atoms with Crippen molar-refractivity contribution in [1.82, 2.24) is 0 Å². The van der Waals surface area contributed by atoms with Crippen LogP contribution in [0.4, 0.5) is 0 Å². The summed E-state index contributed by atoms with van der Waals surface area (Å²) in [5, 5.41) is 17.9. The molecule has 0 aliphatic heterocycles. The van der Waals surface area contributed by atoms with E-state index in [0.717, 1.165) is 12.1 Å². The van der Waals surface area contributed by atoms with Crippen LogP contribution in [-0.2, 0) is 10.1 Å². The number of aromatic carboxylic acids is 2. The molecule has 7 nitrogen and oxygen atoms in total. The summed E-state index contributed by atoms with van der Waals surface area (Å²) >= 11 is 0. The van der Waals surface area contributed by atoms with Crippen LogP contribution >= 0.6 is 7.92 Å². The zero-order valence-electron chi connectivity index (χ0n) is 19.6. The Bertz CT molecular complexity index is 1020. The Morgan fingerprint density at radius 1 is 0.788 bits per heavy atom. The van der Waals surface area contributed by atoms with Crippen molar-refractivity contribution in [2.24, 2.45) is 0 Å². The Morgan fingerprint density at radius 2 is 1.27 bits per heavy atom. The number of rotatable bonds is 12. The van der Waals surface area contributed by atoms with E-state index in [1.54, 1.807) is 18.5 Å². The van der Waals surface area contributed by atoms with Crippen molar-refractivity contribution in [2.45, 2.75) is 64.2 Å². The van der Waals surface area contributed by atoms with E-state index < -0.39 is 27.0 Å². The topological polar surface area (TPSA) is 129 Å². The largest absolute Gasteiger partial charge is 0.478 e. The lowest BCUT2D eigenvalue weighted by Crippen LogP contribution is -2.05. The average Bonchev–Trinajstić information content (AvgIpc) is 2.77. The van der Waals surface area contributed by atoms with Crippen molar-refractivity contribution in [3.8, 4) is 0 Å². The Kier molecular flexibility index (Phi) is 12.6. The molecule has 0 amide bonds. The Morgan fingerprint density at radius 3 is 1.67 bits per heavy atom. The molecule has 2 rings (SSSR count). The minimum atomic E-state index is -4.68. The van der Waals surface area contributed by atoms with E-state index >= 15 is 0 Å². The van der Waals surface area contributed by atoms with E-state index in [0.29, 0.717) is 7.92 Å². The number of carboxylic acids is 2. The van der Waals surface area contributed by atoms with Gasteiger partial charge in [0.05, 0.1) is 11.1 Å². The molecule has 33 heavy (non-hydrogen) atoms. The van der Waals surface area contributed by atoms with E-state index in [1.165, 1.54) is 56.7 Å². The second kappa shape index (κ2) is 14.3. The minimum absolute atomic E-state index is 0.0580. The van der Waals surface area contributed by atoms with Crippen molar-refractivity contribution >= 4 is 40.8 Å². The maximum absolute atomic E-state index is 11.3. The number of fused-ring (bicyclic) bond motifs is 1. The lowest BCUT2D eigenvalue weighted by molar-refractivity contribution is 0.0685. The second-order valence-electron chi connectivity index (χ2n) is 7.90. The Labute approximate surface area is 197 Å². The van der Waals surface area contributed by atoms with Gasteiger partial charge in [0.2, 0.25) is 0 Å². The molecule has 0 saturated carbocycles. The molecular weight excluding hydrogens is 463 g/mol. The number of hydrogen-bond donors (Lipinski definition) is 3. The molecule has 3 N–H and O–H groups in total. The van der Waals surface area contributed by atoms with Gasteiger partial charge in [-0.25, -0.2) is 9.59 Å². The second-order valence-corrected chi connectivity index (χ2v) is 12.0. The van der Waals surface area contributed by atoms with Crippen LogP contribution < -0.4 is 0 Å². The van der Waals surface area contributed by atoms with Gasteiger partial charge in [0.1, 0.15) is 4.90 Å². The summed E-state index contributed by atoms with van der Waals surface area (Å²) in [7, 11) is -4.26. The van der Waals surface area contributed by atoms with Gasteiger partial charge in [0.25, 0.3) is 10.1 Å². The lowest BCUT2D eigenvalue weighted by Gasteiger charge is -2.16. The summed E-state index contributed by atoms with van der Waals surface area (Å²) in [5.41, 5.74) is -0.501. The number of benzene rings is 2. The predicted molar refractivity (Wildman–Crippen MR) is 134 cm³/mol. The van der Waals surface area contributed by atoms with Crippen LogP contribution in [0.5, 0.6) is 0 Å². The molecule has 2 aromatic rings. The van der Waals surface area contributed by atoms with Gasteiger partial charge in [-0.05, 0) is 67.4 Å². The van der Waals surface area contributed by atoms with Crippen molar-refractivity contribution in [3.05, 3.63) is 41.5 Å². The fourth-order valence-electron chi connectivity index (χ4n) is 3.27. The first-order valence-electron chi connectivity index (χ1n) is 11.3. The molecule has 0 bridgehead atoms. The van der Waals surface area contributed by atoms with Crippen LogP contribution in [0.3, 0.4) is 0 Å². The number of unbranched alkanes of at least 4 members (excludes halogenated alkanes) is 3. The molecular formula is C24H35O7PS. The third-order valence-electron chi connectivity index (χ3n) is 5.17. The minimum Gasteiger partial charge on any atom is -0.478 e.